The second-order valence-electron chi connectivity index (χ2n) is 16.5. The van der Waals surface area contributed by atoms with E-state index in [0.717, 1.165) is 78.7 Å². The van der Waals surface area contributed by atoms with Crippen LogP contribution in [0.5, 0.6) is 11.5 Å². The van der Waals surface area contributed by atoms with Crippen LogP contribution in [-0.2, 0) is 47.5 Å². The highest BCUT2D eigenvalue weighted by atomic mass is 35.5. The highest BCUT2D eigenvalue weighted by Crippen LogP contribution is 2.43. The van der Waals surface area contributed by atoms with E-state index in [1.165, 1.54) is 6.20 Å². The van der Waals surface area contributed by atoms with Gasteiger partial charge in [0.1, 0.15) is 22.9 Å². The van der Waals surface area contributed by atoms with Gasteiger partial charge in [-0.05, 0) is 86.7 Å². The zero-order chi connectivity index (χ0) is 58.4. The predicted octanol–water partition coefficient (Wildman–Crippen LogP) is 9.92. The molecule has 5 aromatic rings. The number of amides is 1. The highest BCUT2D eigenvalue weighted by molar-refractivity contribution is 7.90. The molecule has 30 heteroatoms. The van der Waals surface area contributed by atoms with E-state index in [9.17, 15) is 68.6 Å². The number of hydrogen-bond donors (Lipinski definition) is 5. The number of carbonyl (C=O) groups is 4. The maximum absolute atomic E-state index is 12.8. The number of methoxy groups -OCH3 is 1. The zero-order valence-corrected chi connectivity index (χ0v) is 44.2. The maximum atomic E-state index is 12.8. The van der Waals surface area contributed by atoms with Crippen LogP contribution in [0.2, 0.25) is 5.02 Å². The lowest BCUT2D eigenvalue weighted by molar-refractivity contribution is -0.385. The molecule has 1 fully saturated rings. The van der Waals surface area contributed by atoms with E-state index in [-0.39, 0.29) is 51.4 Å². The van der Waals surface area contributed by atoms with Gasteiger partial charge in [-0.3, -0.25) is 34.4 Å². The number of hydrogen-bond acceptors (Lipinski definition) is 14. The van der Waals surface area contributed by atoms with Crippen molar-refractivity contribution in [1.29, 1.82) is 0 Å². The van der Waals surface area contributed by atoms with Gasteiger partial charge in [0, 0.05) is 37.0 Å². The number of carboxylic acid groups (broad SMARTS) is 2. The van der Waals surface area contributed by atoms with E-state index in [2.05, 4.69) is 23.5 Å². The van der Waals surface area contributed by atoms with Crippen LogP contribution in [0.3, 0.4) is 0 Å². The van der Waals surface area contributed by atoms with E-state index in [4.69, 9.17) is 57.2 Å². The Bertz CT molecular complexity index is 3100. The molecule has 1 unspecified atom stereocenters. The summed E-state index contributed by atoms with van der Waals surface area (Å²) in [5.41, 5.74) is -0.406. The van der Waals surface area contributed by atoms with Gasteiger partial charge in [-0.2, -0.15) is 26.3 Å². The molecule has 1 aromatic heterocycles. The minimum Gasteiger partial charge on any atom is -0.480 e. The van der Waals surface area contributed by atoms with Crippen LogP contribution in [-0.4, -0.2) is 107 Å². The molecule has 1 heterocycles. The Morgan fingerprint density at radius 2 is 1.57 bits per heavy atom. The fraction of sp³-hybridized carbons (Fsp3) is 0.340. The fourth-order valence-electron chi connectivity index (χ4n) is 6.82. The van der Waals surface area contributed by atoms with Crippen molar-refractivity contribution in [3.05, 3.63) is 139 Å². The number of nitrogens with one attached hydrogen (secondary N) is 1. The van der Waals surface area contributed by atoms with Gasteiger partial charge in [-0.25, -0.2) is 13.2 Å². The lowest BCUT2D eigenvalue weighted by Gasteiger charge is -2.31. The molecule has 4 aromatic carbocycles. The third-order valence-corrected chi connectivity index (χ3v) is 12.7. The Labute approximate surface area is 445 Å². The number of nitro groups is 1. The number of benzene rings is 4. The number of anilines is 1. The molecule has 0 bridgehead atoms. The van der Waals surface area contributed by atoms with Crippen molar-refractivity contribution >= 4 is 75.6 Å². The van der Waals surface area contributed by atoms with Crippen LogP contribution in [0.15, 0.2) is 88.4 Å². The number of nitrogens with zero attached hydrogens (tertiary/aromatic N) is 3. The smallest absolute Gasteiger partial charge is 0.416 e. The first-order valence-corrected chi connectivity index (χ1v) is 26.7. The summed E-state index contributed by atoms with van der Waals surface area (Å²) in [6, 6.07) is 13.4. The minimum atomic E-state index is -4.71. The molecule has 420 valence electrons. The van der Waals surface area contributed by atoms with E-state index >= 15 is 0 Å². The molecule has 1 aliphatic rings. The monoisotopic (exact) mass is 1170 g/mol. The van der Waals surface area contributed by atoms with Gasteiger partial charge >= 0.3 is 31.9 Å². The van der Waals surface area contributed by atoms with Crippen molar-refractivity contribution in [3.8, 4) is 11.5 Å². The molecule has 5 N–H and O–H groups in total. The third kappa shape index (κ3) is 19.5. The molecule has 1 amide bonds. The van der Waals surface area contributed by atoms with Gasteiger partial charge in [0.15, 0.2) is 21.4 Å². The summed E-state index contributed by atoms with van der Waals surface area (Å²) in [6.07, 6.45) is -5.44. The number of aryl methyl sites for hydroxylation is 2. The largest absolute Gasteiger partial charge is 0.480 e. The number of carboxylic acids is 2. The van der Waals surface area contributed by atoms with Crippen LogP contribution >= 0.6 is 30.8 Å². The normalized spacial score (nSPS) is 12.8. The number of nitro benzene ring substituents is 1. The average molecular weight is 1170 g/mol. The Morgan fingerprint density at radius 1 is 0.961 bits per heavy atom. The summed E-state index contributed by atoms with van der Waals surface area (Å²) in [6.45, 7) is 6.12. The molecule has 6 rings (SSSR count). The molecule has 0 saturated heterocycles. The van der Waals surface area contributed by atoms with Gasteiger partial charge in [-0.1, -0.05) is 41.9 Å². The van der Waals surface area contributed by atoms with Crippen LogP contribution in [0, 0.1) is 17.0 Å². The Hall–Kier alpha value is -6.45. The second kappa shape index (κ2) is 27.7. The van der Waals surface area contributed by atoms with E-state index in [1.54, 1.807) is 12.0 Å². The Kier molecular flexibility index (Phi) is 23.4. The van der Waals surface area contributed by atoms with Crippen LogP contribution in [0.4, 0.5) is 37.7 Å². The predicted molar refractivity (Wildman–Crippen MR) is 266 cm³/mol. The van der Waals surface area contributed by atoms with Crippen molar-refractivity contribution in [2.24, 2.45) is 0 Å². The van der Waals surface area contributed by atoms with Crippen LogP contribution < -0.4 is 15.0 Å². The number of halogens is 8. The summed E-state index contributed by atoms with van der Waals surface area (Å²) < 4.78 is 125. The molecule has 0 spiro atoms. The number of ketones is 1. The molecular formula is C47H49Cl2F6N4O16PS. The van der Waals surface area contributed by atoms with Crippen molar-refractivity contribution in [1.82, 2.24) is 10.5 Å². The number of para-hydroxylation sites is 1. The van der Waals surface area contributed by atoms with Gasteiger partial charge in [-0.15, -0.1) is 11.6 Å². The van der Waals surface area contributed by atoms with Gasteiger partial charge in [0.05, 0.1) is 68.9 Å². The first-order chi connectivity index (χ1) is 35.7. The molecule has 0 radical (unpaired) electrons. The second-order valence-corrected chi connectivity index (χ2v) is 20.8. The fourth-order valence-corrected chi connectivity index (χ4v) is 8.47. The van der Waals surface area contributed by atoms with Gasteiger partial charge in [0.25, 0.3) is 5.69 Å². The van der Waals surface area contributed by atoms with Gasteiger partial charge in [0.2, 0.25) is 5.91 Å². The van der Waals surface area contributed by atoms with Gasteiger partial charge < -0.3 is 38.9 Å². The number of alkyl halides is 7. The molecule has 77 heavy (non-hydrogen) atoms. The summed E-state index contributed by atoms with van der Waals surface area (Å²) in [5, 5.41) is 33.0. The number of aliphatic carboxylic acids is 1. The Balaban J connectivity index is 0.000000281. The van der Waals surface area contributed by atoms with Crippen molar-refractivity contribution in [2.45, 2.75) is 69.2 Å². The lowest BCUT2D eigenvalue weighted by Crippen LogP contribution is -2.43. The van der Waals surface area contributed by atoms with E-state index in [0.29, 0.717) is 30.6 Å². The standard InChI is InChI=1S/C15H22ClNO2.C15H12F3NO4S.C14H7ClF3NO5.C3H8NO5P/c1-5-13-8-6-7-11(2)15(13)17(14(18)9-16)12(3)10-19-4;1-24(21,22)12-6-9(15(16,17)18)4-5-10(12)13(20)11-7-19-23-14(11)8-2-3-8;15-10-5-7(14(16,17)18)1-4-12(10)24-8-2-3-11(19(22)23)9(6-8)13(20)21;5-3(6)1-4-2-10(7,8)9/h6-8,12H,5,9-10H2,1-4H3;4-8H,2-3H2,1H3;1-6H,(H,20,21);4H,1-2H2,(H,5,6)(H2,7,8,9). The Morgan fingerprint density at radius 3 is 2.06 bits per heavy atom. The summed E-state index contributed by atoms with van der Waals surface area (Å²) in [4.78, 5) is 73.0. The third-order valence-electron chi connectivity index (χ3n) is 10.4. The molecule has 1 aliphatic carbocycles. The number of carbonyl (C=O) groups excluding carboxylic acids is 2. The molecule has 20 nitrogen and oxygen atoms in total. The zero-order valence-electron chi connectivity index (χ0n) is 41.0. The number of sulfone groups is 1. The first kappa shape index (κ1) is 64.8. The van der Waals surface area contributed by atoms with Crippen molar-refractivity contribution < 1.29 is 97.4 Å². The van der Waals surface area contributed by atoms with E-state index < -0.39 is 92.5 Å². The number of ether oxygens (including phenoxy) is 2. The summed E-state index contributed by atoms with van der Waals surface area (Å²) >= 11 is 11.5. The van der Waals surface area contributed by atoms with Crippen molar-refractivity contribution in [3.63, 3.8) is 0 Å². The number of aromatic nitrogens is 1. The summed E-state index contributed by atoms with van der Waals surface area (Å²) in [5.74, 6) is -3.41. The van der Waals surface area contributed by atoms with Crippen LogP contribution in [0.25, 0.3) is 0 Å². The lowest BCUT2D eigenvalue weighted by atomic mass is 10.0. The molecular weight excluding hydrogens is 1120 g/mol. The number of rotatable bonds is 18. The topological polar surface area (TPSA) is 303 Å². The maximum Gasteiger partial charge on any atom is 0.416 e. The summed E-state index contributed by atoms with van der Waals surface area (Å²) in [7, 11) is -6.50. The number of aromatic carboxylic acids is 1. The van der Waals surface area contributed by atoms with E-state index in [1.807, 2.05) is 26.0 Å². The SMILES string of the molecule is CCc1cccc(C)c1N(C(=O)CCl)C(C)COC.CS(=O)(=O)c1cc(C(F)(F)F)ccc1C(=O)c1cnoc1C1CC1.O=C(O)CNCP(=O)(O)O.O=C(O)c1cc(Oc2ccc(C(F)(F)F)cc2Cl)ccc1[N+](=O)[O-]. The highest BCUT2D eigenvalue weighted by Gasteiger charge is 2.37. The molecule has 1 atom stereocenters. The first-order valence-electron chi connectivity index (χ1n) is 22.1. The quantitative estimate of drug-likeness (QED) is 0.0136. The minimum absolute atomic E-state index is 0.0223. The van der Waals surface area contributed by atoms with Crippen molar-refractivity contribution in [2.75, 3.05) is 43.6 Å². The molecule has 1 saturated carbocycles. The molecule has 0 aliphatic heterocycles. The average Bonchev–Trinajstić information content (AvgIpc) is 4.06. The van der Waals surface area contributed by atoms with Crippen LogP contribution in [0.1, 0.15) is 86.9 Å².